The van der Waals surface area contributed by atoms with Gasteiger partial charge < -0.3 is 10.6 Å². The smallest absolute Gasteiger partial charge is 0.191 e. The van der Waals surface area contributed by atoms with Crippen molar-refractivity contribution in [1.82, 2.24) is 10.6 Å². The number of nitrogens with one attached hydrogen (secondary N) is 2. The Hall–Kier alpha value is -1.51. The highest BCUT2D eigenvalue weighted by atomic mass is 15.2. The predicted octanol–water partition coefficient (Wildman–Crippen LogP) is 2.90. The summed E-state index contributed by atoms with van der Waals surface area (Å²) in [4.78, 5) is 4.31. The number of rotatable bonds is 4. The van der Waals surface area contributed by atoms with Crippen LogP contribution in [0.5, 0.6) is 0 Å². The summed E-state index contributed by atoms with van der Waals surface area (Å²) in [6, 6.07) is 11.2. The Balaban J connectivity index is 1.79. The highest BCUT2D eigenvalue weighted by Crippen LogP contribution is 2.17. The van der Waals surface area contributed by atoms with E-state index in [1.165, 1.54) is 31.2 Å². The molecule has 0 saturated heterocycles. The van der Waals surface area contributed by atoms with Crippen molar-refractivity contribution in [2.24, 2.45) is 4.99 Å². The van der Waals surface area contributed by atoms with Gasteiger partial charge >= 0.3 is 0 Å². The van der Waals surface area contributed by atoms with Gasteiger partial charge in [-0.2, -0.15) is 0 Å². The van der Waals surface area contributed by atoms with Crippen molar-refractivity contribution < 1.29 is 0 Å². The first-order valence-corrected chi connectivity index (χ1v) is 7.31. The summed E-state index contributed by atoms with van der Waals surface area (Å²) in [5.41, 5.74) is 1.37. The maximum Gasteiger partial charge on any atom is 0.191 e. The van der Waals surface area contributed by atoms with Gasteiger partial charge in [0.05, 0.1) is 0 Å². The number of hydrogen-bond acceptors (Lipinski definition) is 1. The summed E-state index contributed by atoms with van der Waals surface area (Å²) < 4.78 is 0. The van der Waals surface area contributed by atoms with E-state index in [1.54, 1.807) is 0 Å². The third-order valence-corrected chi connectivity index (χ3v) is 3.86. The SMILES string of the molecule is CN=C(NCC(C)c1ccccc1)NC1CCCC1. The van der Waals surface area contributed by atoms with E-state index in [1.807, 2.05) is 7.05 Å². The van der Waals surface area contributed by atoms with E-state index in [2.05, 4.69) is 52.9 Å². The molecule has 0 aliphatic heterocycles. The van der Waals surface area contributed by atoms with Crippen LogP contribution in [0.15, 0.2) is 35.3 Å². The van der Waals surface area contributed by atoms with Crippen LogP contribution in [-0.2, 0) is 0 Å². The summed E-state index contributed by atoms with van der Waals surface area (Å²) in [6.07, 6.45) is 5.23. The lowest BCUT2D eigenvalue weighted by atomic mass is 10.0. The van der Waals surface area contributed by atoms with Crippen molar-refractivity contribution in [2.45, 2.75) is 44.6 Å². The van der Waals surface area contributed by atoms with E-state index in [4.69, 9.17) is 0 Å². The second-order valence-electron chi connectivity index (χ2n) is 5.39. The molecule has 1 fully saturated rings. The van der Waals surface area contributed by atoms with E-state index in [0.29, 0.717) is 12.0 Å². The van der Waals surface area contributed by atoms with E-state index in [0.717, 1.165) is 12.5 Å². The first kappa shape index (κ1) is 13.9. The molecule has 1 saturated carbocycles. The van der Waals surface area contributed by atoms with Gasteiger partial charge in [-0.15, -0.1) is 0 Å². The molecule has 1 unspecified atom stereocenters. The Morgan fingerprint density at radius 2 is 1.95 bits per heavy atom. The normalized spacial score (nSPS) is 18.3. The van der Waals surface area contributed by atoms with Gasteiger partial charge in [0.25, 0.3) is 0 Å². The van der Waals surface area contributed by atoms with Gasteiger partial charge in [-0.1, -0.05) is 50.1 Å². The van der Waals surface area contributed by atoms with Crippen molar-refractivity contribution in [2.75, 3.05) is 13.6 Å². The molecule has 2 rings (SSSR count). The van der Waals surface area contributed by atoms with Crippen molar-refractivity contribution >= 4 is 5.96 Å². The minimum Gasteiger partial charge on any atom is -0.356 e. The molecule has 1 aromatic rings. The zero-order valence-electron chi connectivity index (χ0n) is 12.0. The minimum absolute atomic E-state index is 0.489. The van der Waals surface area contributed by atoms with Crippen molar-refractivity contribution in [1.29, 1.82) is 0 Å². The molecule has 3 heteroatoms. The third-order valence-electron chi connectivity index (χ3n) is 3.86. The van der Waals surface area contributed by atoms with Crippen LogP contribution in [0.3, 0.4) is 0 Å². The molecule has 19 heavy (non-hydrogen) atoms. The fourth-order valence-corrected chi connectivity index (χ4v) is 2.61. The van der Waals surface area contributed by atoms with Gasteiger partial charge in [-0.25, -0.2) is 0 Å². The van der Waals surface area contributed by atoms with Gasteiger partial charge in [0.1, 0.15) is 0 Å². The molecular formula is C16H25N3. The van der Waals surface area contributed by atoms with Gasteiger partial charge in [0.2, 0.25) is 0 Å². The van der Waals surface area contributed by atoms with Gasteiger partial charge in [-0.05, 0) is 24.3 Å². The molecule has 0 heterocycles. The van der Waals surface area contributed by atoms with E-state index < -0.39 is 0 Å². The Labute approximate surface area is 116 Å². The largest absolute Gasteiger partial charge is 0.356 e. The maximum absolute atomic E-state index is 4.31. The molecule has 0 spiro atoms. The molecule has 0 bridgehead atoms. The molecule has 1 aliphatic carbocycles. The van der Waals surface area contributed by atoms with Crippen LogP contribution >= 0.6 is 0 Å². The highest BCUT2D eigenvalue weighted by Gasteiger charge is 2.16. The van der Waals surface area contributed by atoms with Crippen LogP contribution in [0.2, 0.25) is 0 Å². The Kier molecular flexibility index (Phi) is 5.25. The molecule has 2 N–H and O–H groups in total. The highest BCUT2D eigenvalue weighted by molar-refractivity contribution is 5.80. The molecule has 3 nitrogen and oxygen atoms in total. The second kappa shape index (κ2) is 7.17. The quantitative estimate of drug-likeness (QED) is 0.644. The van der Waals surface area contributed by atoms with Gasteiger partial charge in [-0.3, -0.25) is 4.99 Å². The third kappa shape index (κ3) is 4.27. The van der Waals surface area contributed by atoms with Crippen molar-refractivity contribution in [3.63, 3.8) is 0 Å². The first-order valence-electron chi connectivity index (χ1n) is 7.31. The Bertz CT molecular complexity index is 394. The number of nitrogens with zero attached hydrogens (tertiary/aromatic N) is 1. The number of guanidine groups is 1. The molecule has 0 radical (unpaired) electrons. The van der Waals surface area contributed by atoms with Crippen LogP contribution in [0.25, 0.3) is 0 Å². The van der Waals surface area contributed by atoms with Crippen LogP contribution in [0, 0.1) is 0 Å². The standard InChI is InChI=1S/C16H25N3/c1-13(14-8-4-3-5-9-14)12-18-16(17-2)19-15-10-6-7-11-15/h3-5,8-9,13,15H,6-7,10-12H2,1-2H3,(H2,17,18,19). The number of benzene rings is 1. The lowest BCUT2D eigenvalue weighted by Gasteiger charge is -2.19. The van der Waals surface area contributed by atoms with Crippen molar-refractivity contribution in [3.05, 3.63) is 35.9 Å². The summed E-state index contributed by atoms with van der Waals surface area (Å²) >= 11 is 0. The lowest BCUT2D eigenvalue weighted by Crippen LogP contribution is -2.43. The van der Waals surface area contributed by atoms with Crippen LogP contribution in [0.1, 0.15) is 44.1 Å². The summed E-state index contributed by atoms with van der Waals surface area (Å²) in [6.45, 7) is 3.15. The molecule has 0 aromatic heterocycles. The van der Waals surface area contributed by atoms with Crippen LogP contribution < -0.4 is 10.6 Å². The zero-order valence-corrected chi connectivity index (χ0v) is 12.0. The molecule has 1 aliphatic rings. The molecule has 1 aromatic carbocycles. The van der Waals surface area contributed by atoms with Crippen LogP contribution in [0.4, 0.5) is 0 Å². The zero-order chi connectivity index (χ0) is 13.5. The molecule has 1 atom stereocenters. The molecule has 104 valence electrons. The summed E-state index contributed by atoms with van der Waals surface area (Å²) in [5.74, 6) is 1.43. The summed E-state index contributed by atoms with van der Waals surface area (Å²) in [5, 5.41) is 6.94. The topological polar surface area (TPSA) is 36.4 Å². The average Bonchev–Trinajstić information content (AvgIpc) is 2.97. The lowest BCUT2D eigenvalue weighted by molar-refractivity contribution is 0.605. The fourth-order valence-electron chi connectivity index (χ4n) is 2.61. The second-order valence-corrected chi connectivity index (χ2v) is 5.39. The average molecular weight is 259 g/mol. The van der Waals surface area contributed by atoms with E-state index in [9.17, 15) is 0 Å². The minimum atomic E-state index is 0.489. The fraction of sp³-hybridized carbons (Fsp3) is 0.562. The van der Waals surface area contributed by atoms with Gasteiger partial charge in [0, 0.05) is 19.6 Å². The van der Waals surface area contributed by atoms with Gasteiger partial charge in [0.15, 0.2) is 5.96 Å². The monoisotopic (exact) mass is 259 g/mol. The molecule has 0 amide bonds. The Morgan fingerprint density at radius 1 is 1.26 bits per heavy atom. The number of hydrogen-bond donors (Lipinski definition) is 2. The van der Waals surface area contributed by atoms with E-state index in [-0.39, 0.29) is 0 Å². The van der Waals surface area contributed by atoms with Crippen molar-refractivity contribution in [3.8, 4) is 0 Å². The number of aliphatic imine (C=N–C) groups is 1. The maximum atomic E-state index is 4.31. The Morgan fingerprint density at radius 3 is 2.58 bits per heavy atom. The van der Waals surface area contributed by atoms with E-state index >= 15 is 0 Å². The molecular weight excluding hydrogens is 234 g/mol. The van der Waals surface area contributed by atoms with Crippen LogP contribution in [-0.4, -0.2) is 25.6 Å². The first-order chi connectivity index (χ1) is 9.29. The summed E-state index contributed by atoms with van der Waals surface area (Å²) in [7, 11) is 1.84. The predicted molar refractivity (Wildman–Crippen MR) is 81.6 cm³/mol.